The molecule has 0 N–H and O–H groups in total. The van der Waals surface area contributed by atoms with Crippen molar-refractivity contribution in [3.8, 4) is 39.1 Å². The van der Waals surface area contributed by atoms with Crippen molar-refractivity contribution in [1.82, 2.24) is 4.57 Å². The second kappa shape index (κ2) is 15.1. The first kappa shape index (κ1) is 36.6. The number of rotatable bonds is 8. The van der Waals surface area contributed by atoms with Crippen molar-refractivity contribution in [3.05, 3.63) is 277 Å². The number of nitrogens with zero attached hydrogens (tertiary/aromatic N) is 2. The minimum absolute atomic E-state index is 0.496. The Morgan fingerprint density at radius 3 is 1.57 bits per heavy atom. The molecule has 1 heterocycles. The molecule has 1 aliphatic carbocycles. The van der Waals surface area contributed by atoms with Crippen LogP contribution in [0.5, 0.6) is 0 Å². The van der Waals surface area contributed by atoms with E-state index in [0.717, 1.165) is 28.3 Å². The maximum atomic E-state index is 2.45. The number of aromatic nitrogens is 1. The molecular weight excluding hydrogens is 761 g/mol. The predicted octanol–water partition coefficient (Wildman–Crippen LogP) is 16.0. The van der Waals surface area contributed by atoms with Gasteiger partial charge in [-0.25, -0.2) is 0 Å². The number of anilines is 3. The van der Waals surface area contributed by atoms with E-state index < -0.39 is 5.41 Å². The van der Waals surface area contributed by atoms with Crippen LogP contribution in [0.3, 0.4) is 0 Å². The second-order valence-electron chi connectivity index (χ2n) is 16.5. The number of fused-ring (bicyclic) bond motifs is 6. The normalized spacial score (nSPS) is 12.6. The Morgan fingerprint density at radius 1 is 0.302 bits per heavy atom. The molecule has 1 aliphatic rings. The molecule has 0 aliphatic heterocycles. The fourth-order valence-electron chi connectivity index (χ4n) is 10.3. The Morgan fingerprint density at radius 2 is 0.825 bits per heavy atom. The maximum Gasteiger partial charge on any atom is 0.0714 e. The molecule has 0 spiro atoms. The number of para-hydroxylation sites is 2. The third-order valence-corrected chi connectivity index (χ3v) is 13.1. The predicted molar refractivity (Wildman–Crippen MR) is 264 cm³/mol. The number of benzene rings is 10. The van der Waals surface area contributed by atoms with Gasteiger partial charge in [0.1, 0.15) is 0 Å². The van der Waals surface area contributed by atoms with E-state index in [2.05, 4.69) is 264 Å². The highest BCUT2D eigenvalue weighted by molar-refractivity contribution is 6.10. The molecule has 11 aromatic rings. The highest BCUT2D eigenvalue weighted by atomic mass is 15.1. The molecule has 0 amide bonds. The van der Waals surface area contributed by atoms with Crippen LogP contribution in [0.25, 0.3) is 60.9 Å². The Balaban J connectivity index is 1.01. The van der Waals surface area contributed by atoms with Crippen LogP contribution in [0.4, 0.5) is 17.1 Å². The average molecular weight is 803 g/mol. The Labute approximate surface area is 368 Å². The maximum absolute atomic E-state index is 2.45. The summed E-state index contributed by atoms with van der Waals surface area (Å²) < 4.78 is 2.41. The summed E-state index contributed by atoms with van der Waals surface area (Å²) in [5, 5.41) is 2.49. The van der Waals surface area contributed by atoms with E-state index >= 15 is 0 Å². The molecule has 0 saturated heterocycles. The van der Waals surface area contributed by atoms with Gasteiger partial charge >= 0.3 is 0 Å². The third kappa shape index (κ3) is 5.95. The number of hydrogen-bond acceptors (Lipinski definition) is 1. The number of hydrogen-bond donors (Lipinski definition) is 0. The molecule has 2 heteroatoms. The third-order valence-electron chi connectivity index (χ3n) is 13.1. The van der Waals surface area contributed by atoms with Crippen LogP contribution in [0.2, 0.25) is 0 Å². The fraction of sp³-hybridized carbons (Fsp3) is 0.0164. The standard InChI is InChI=1S/C61H42N2/c1-5-18-43(19-6-1)44-32-35-50(36-33-44)63-59-31-16-14-29-55(59)56-38-34-46(41-60(56)63)45-20-17-27-51(40-45)62(49-25-11-4-12-26-49)52-37-39-54-53-28-13-15-30-57(53)61(58(54)42-52,47-21-7-2-8-22-47)48-23-9-3-10-24-48/h1-42H. The van der Waals surface area contributed by atoms with Crippen molar-refractivity contribution < 1.29 is 0 Å². The van der Waals surface area contributed by atoms with Crippen molar-refractivity contribution in [2.45, 2.75) is 5.41 Å². The molecule has 0 saturated carbocycles. The van der Waals surface area contributed by atoms with Gasteiger partial charge in [0.2, 0.25) is 0 Å². The molecule has 0 atom stereocenters. The van der Waals surface area contributed by atoms with Crippen LogP contribution in [-0.2, 0) is 5.41 Å². The summed E-state index contributed by atoms with van der Waals surface area (Å²) in [6.07, 6.45) is 0. The highest BCUT2D eigenvalue weighted by Crippen LogP contribution is 2.57. The molecule has 296 valence electrons. The van der Waals surface area contributed by atoms with Gasteiger partial charge in [-0.05, 0) is 116 Å². The Kier molecular flexibility index (Phi) is 8.76. The molecule has 0 radical (unpaired) electrons. The minimum Gasteiger partial charge on any atom is -0.310 e. The van der Waals surface area contributed by atoms with Crippen LogP contribution in [0.15, 0.2) is 255 Å². The van der Waals surface area contributed by atoms with E-state index in [4.69, 9.17) is 0 Å². The van der Waals surface area contributed by atoms with Gasteiger partial charge in [0.05, 0.1) is 16.4 Å². The molecule has 0 bridgehead atoms. The van der Waals surface area contributed by atoms with Crippen LogP contribution in [-0.4, -0.2) is 4.57 Å². The first-order chi connectivity index (χ1) is 31.3. The fourth-order valence-corrected chi connectivity index (χ4v) is 10.3. The summed E-state index contributed by atoms with van der Waals surface area (Å²) >= 11 is 0. The average Bonchev–Trinajstić information content (AvgIpc) is 3.85. The van der Waals surface area contributed by atoms with Crippen LogP contribution < -0.4 is 4.90 Å². The lowest BCUT2D eigenvalue weighted by molar-refractivity contribution is 0.768. The second-order valence-corrected chi connectivity index (χ2v) is 16.5. The van der Waals surface area contributed by atoms with Crippen molar-refractivity contribution in [1.29, 1.82) is 0 Å². The van der Waals surface area contributed by atoms with Gasteiger partial charge in [-0.1, -0.05) is 194 Å². The van der Waals surface area contributed by atoms with E-state index in [1.165, 1.54) is 71.9 Å². The Bertz CT molecular complexity index is 3380. The SMILES string of the molecule is c1ccc(-c2ccc(-n3c4ccccc4c4ccc(-c5cccc(N(c6ccccc6)c6ccc7c(c6)C(c6ccccc6)(c6ccccc6)c6ccccc6-7)c5)cc43)cc2)cc1. The summed E-state index contributed by atoms with van der Waals surface area (Å²) in [5.41, 5.74) is 18.7. The highest BCUT2D eigenvalue weighted by Gasteiger charge is 2.46. The molecule has 12 rings (SSSR count). The topological polar surface area (TPSA) is 8.17 Å². The van der Waals surface area contributed by atoms with E-state index in [1.807, 2.05) is 0 Å². The van der Waals surface area contributed by atoms with Gasteiger partial charge < -0.3 is 9.47 Å². The summed E-state index contributed by atoms with van der Waals surface area (Å²) in [7, 11) is 0. The molecule has 0 fully saturated rings. The largest absolute Gasteiger partial charge is 0.310 e. The lowest BCUT2D eigenvalue weighted by atomic mass is 9.67. The molecule has 10 aromatic carbocycles. The van der Waals surface area contributed by atoms with Crippen molar-refractivity contribution in [2.24, 2.45) is 0 Å². The van der Waals surface area contributed by atoms with Crippen LogP contribution >= 0.6 is 0 Å². The minimum atomic E-state index is -0.496. The first-order valence-electron chi connectivity index (χ1n) is 21.8. The van der Waals surface area contributed by atoms with E-state index in [9.17, 15) is 0 Å². The summed E-state index contributed by atoms with van der Waals surface area (Å²) in [5.74, 6) is 0. The summed E-state index contributed by atoms with van der Waals surface area (Å²) in [6.45, 7) is 0. The van der Waals surface area contributed by atoms with Crippen molar-refractivity contribution in [2.75, 3.05) is 4.90 Å². The van der Waals surface area contributed by atoms with Crippen LogP contribution in [0.1, 0.15) is 22.3 Å². The summed E-state index contributed by atoms with van der Waals surface area (Å²) in [6, 6.07) is 93.2. The lowest BCUT2D eigenvalue weighted by Gasteiger charge is -2.35. The van der Waals surface area contributed by atoms with Crippen molar-refractivity contribution in [3.63, 3.8) is 0 Å². The van der Waals surface area contributed by atoms with E-state index in [-0.39, 0.29) is 0 Å². The van der Waals surface area contributed by atoms with Crippen LogP contribution in [0, 0.1) is 0 Å². The smallest absolute Gasteiger partial charge is 0.0714 e. The molecule has 63 heavy (non-hydrogen) atoms. The molecular formula is C61H42N2. The zero-order chi connectivity index (χ0) is 41.7. The lowest BCUT2D eigenvalue weighted by Crippen LogP contribution is -2.28. The monoisotopic (exact) mass is 802 g/mol. The van der Waals surface area contributed by atoms with E-state index in [0.29, 0.717) is 0 Å². The zero-order valence-corrected chi connectivity index (χ0v) is 34.6. The Hall–Kier alpha value is -8.20. The zero-order valence-electron chi connectivity index (χ0n) is 34.6. The molecule has 0 unspecified atom stereocenters. The molecule has 1 aromatic heterocycles. The molecule has 2 nitrogen and oxygen atoms in total. The van der Waals surface area contributed by atoms with E-state index in [1.54, 1.807) is 0 Å². The van der Waals surface area contributed by atoms with Gasteiger partial charge in [0, 0.05) is 33.5 Å². The van der Waals surface area contributed by atoms with Gasteiger partial charge in [0.25, 0.3) is 0 Å². The first-order valence-corrected chi connectivity index (χ1v) is 21.8. The van der Waals surface area contributed by atoms with Crippen molar-refractivity contribution >= 4 is 38.9 Å². The quantitative estimate of drug-likeness (QED) is 0.149. The van der Waals surface area contributed by atoms with Gasteiger partial charge in [-0.2, -0.15) is 0 Å². The van der Waals surface area contributed by atoms with Gasteiger partial charge in [-0.15, -0.1) is 0 Å². The summed E-state index contributed by atoms with van der Waals surface area (Å²) in [4.78, 5) is 2.41. The van der Waals surface area contributed by atoms with Gasteiger partial charge in [0.15, 0.2) is 0 Å². The van der Waals surface area contributed by atoms with Gasteiger partial charge in [-0.3, -0.25) is 0 Å².